The number of hydrogen-bond donors (Lipinski definition) is 0. The number of halogens is 2. The molecule has 27 heavy (non-hydrogen) atoms. The minimum Gasteiger partial charge on any atom is -0.471 e. The van der Waals surface area contributed by atoms with Gasteiger partial charge in [0.2, 0.25) is 0 Å². The molecule has 0 fully saturated rings. The van der Waals surface area contributed by atoms with Gasteiger partial charge in [-0.25, -0.2) is 9.07 Å². The summed E-state index contributed by atoms with van der Waals surface area (Å²) in [6.07, 6.45) is 3.39. The molecule has 0 radical (unpaired) electrons. The average Bonchev–Trinajstić information content (AvgIpc) is 3.24. The van der Waals surface area contributed by atoms with Gasteiger partial charge in [0.1, 0.15) is 11.6 Å². The van der Waals surface area contributed by atoms with Crippen molar-refractivity contribution in [3.05, 3.63) is 64.5 Å². The zero-order chi connectivity index (χ0) is 19.6. The average molecular weight is 392 g/mol. The van der Waals surface area contributed by atoms with Gasteiger partial charge in [0.15, 0.2) is 12.4 Å². The van der Waals surface area contributed by atoms with Crippen molar-refractivity contribution < 1.29 is 13.9 Å². The molecule has 0 spiro atoms. The molecule has 0 saturated heterocycles. The third kappa shape index (κ3) is 4.28. The largest absolute Gasteiger partial charge is 0.471 e. The maximum Gasteiger partial charge on any atom is 0.274 e. The molecular weight excluding hydrogens is 373 g/mol. The van der Waals surface area contributed by atoms with Crippen LogP contribution < -0.4 is 4.74 Å². The summed E-state index contributed by atoms with van der Waals surface area (Å²) in [7, 11) is 3.57. The SMILES string of the molecule is Cc1c(CN(C)C(=O)c2ccn(COc3ccc(F)c(Cl)c3)n2)cnn1C. The zero-order valence-electron chi connectivity index (χ0n) is 15.2. The van der Waals surface area contributed by atoms with Gasteiger partial charge in [-0.1, -0.05) is 11.6 Å². The molecule has 9 heteroatoms. The van der Waals surface area contributed by atoms with Gasteiger partial charge in [-0.2, -0.15) is 10.2 Å². The van der Waals surface area contributed by atoms with Crippen LogP contribution in [0.25, 0.3) is 0 Å². The molecule has 0 unspecified atom stereocenters. The van der Waals surface area contributed by atoms with Crippen molar-refractivity contribution >= 4 is 17.5 Å². The second kappa shape index (κ2) is 7.79. The van der Waals surface area contributed by atoms with Crippen LogP contribution in [-0.2, 0) is 20.3 Å². The normalized spacial score (nSPS) is 10.9. The fraction of sp³-hybridized carbons (Fsp3) is 0.278. The monoisotopic (exact) mass is 391 g/mol. The Balaban J connectivity index is 1.61. The van der Waals surface area contributed by atoms with E-state index in [1.54, 1.807) is 35.1 Å². The first-order valence-electron chi connectivity index (χ1n) is 8.19. The summed E-state index contributed by atoms with van der Waals surface area (Å²) in [6, 6.07) is 5.71. The van der Waals surface area contributed by atoms with Gasteiger partial charge < -0.3 is 9.64 Å². The van der Waals surface area contributed by atoms with Gasteiger partial charge in [0, 0.05) is 44.2 Å². The molecule has 3 aromatic rings. The predicted molar refractivity (Wildman–Crippen MR) is 98.0 cm³/mol. The van der Waals surface area contributed by atoms with E-state index in [4.69, 9.17) is 16.3 Å². The van der Waals surface area contributed by atoms with Crippen molar-refractivity contribution in [2.45, 2.75) is 20.2 Å². The summed E-state index contributed by atoms with van der Waals surface area (Å²) in [4.78, 5) is 14.1. The van der Waals surface area contributed by atoms with Gasteiger partial charge in [0.25, 0.3) is 5.91 Å². The Morgan fingerprint density at radius 2 is 2.15 bits per heavy atom. The maximum absolute atomic E-state index is 13.2. The summed E-state index contributed by atoms with van der Waals surface area (Å²) < 4.78 is 21.9. The molecule has 0 N–H and O–H groups in total. The number of amides is 1. The quantitative estimate of drug-likeness (QED) is 0.648. The molecule has 2 heterocycles. The number of aromatic nitrogens is 4. The maximum atomic E-state index is 13.2. The second-order valence-electron chi connectivity index (χ2n) is 6.13. The zero-order valence-corrected chi connectivity index (χ0v) is 15.9. The van der Waals surface area contributed by atoms with Crippen LogP contribution in [0, 0.1) is 12.7 Å². The minimum atomic E-state index is -0.511. The van der Waals surface area contributed by atoms with Crippen molar-refractivity contribution in [1.29, 1.82) is 0 Å². The molecule has 0 saturated carbocycles. The van der Waals surface area contributed by atoms with Crippen LogP contribution in [0.2, 0.25) is 5.02 Å². The lowest BCUT2D eigenvalue weighted by atomic mass is 10.2. The van der Waals surface area contributed by atoms with Crippen LogP contribution in [0.1, 0.15) is 21.7 Å². The van der Waals surface area contributed by atoms with Crippen LogP contribution in [0.4, 0.5) is 4.39 Å². The van der Waals surface area contributed by atoms with Crippen molar-refractivity contribution in [3.8, 4) is 5.75 Å². The van der Waals surface area contributed by atoms with E-state index >= 15 is 0 Å². The van der Waals surface area contributed by atoms with E-state index in [0.29, 0.717) is 18.0 Å². The Morgan fingerprint density at radius 1 is 1.37 bits per heavy atom. The van der Waals surface area contributed by atoms with E-state index in [9.17, 15) is 9.18 Å². The molecule has 7 nitrogen and oxygen atoms in total. The van der Waals surface area contributed by atoms with Crippen molar-refractivity contribution in [1.82, 2.24) is 24.5 Å². The van der Waals surface area contributed by atoms with Gasteiger partial charge in [0.05, 0.1) is 11.2 Å². The highest BCUT2D eigenvalue weighted by atomic mass is 35.5. The molecule has 142 valence electrons. The fourth-order valence-corrected chi connectivity index (χ4v) is 2.65. The topological polar surface area (TPSA) is 65.2 Å². The lowest BCUT2D eigenvalue weighted by Crippen LogP contribution is -2.27. The van der Waals surface area contributed by atoms with Crippen LogP contribution >= 0.6 is 11.6 Å². The number of benzene rings is 1. The van der Waals surface area contributed by atoms with E-state index < -0.39 is 5.82 Å². The summed E-state index contributed by atoms with van der Waals surface area (Å²) in [6.45, 7) is 2.46. The van der Waals surface area contributed by atoms with E-state index in [2.05, 4.69) is 10.2 Å². The number of hydrogen-bond acceptors (Lipinski definition) is 4. The number of nitrogens with zero attached hydrogens (tertiary/aromatic N) is 5. The Kier molecular flexibility index (Phi) is 5.46. The molecular formula is C18H19ClFN5O2. The van der Waals surface area contributed by atoms with Gasteiger partial charge in [-0.3, -0.25) is 9.48 Å². The molecule has 0 bridgehead atoms. The number of ether oxygens (including phenoxy) is 1. The first kappa shape index (κ1) is 18.9. The highest BCUT2D eigenvalue weighted by molar-refractivity contribution is 6.30. The highest BCUT2D eigenvalue weighted by Crippen LogP contribution is 2.21. The van der Waals surface area contributed by atoms with Crippen molar-refractivity contribution in [2.75, 3.05) is 7.05 Å². The fourth-order valence-electron chi connectivity index (χ4n) is 2.48. The minimum absolute atomic E-state index is 0.0175. The molecule has 1 amide bonds. The van der Waals surface area contributed by atoms with E-state index in [1.165, 1.54) is 22.9 Å². The van der Waals surface area contributed by atoms with Crippen molar-refractivity contribution in [2.24, 2.45) is 7.05 Å². The molecule has 1 aromatic carbocycles. The Bertz CT molecular complexity index is 969. The van der Waals surface area contributed by atoms with Crippen LogP contribution in [0.5, 0.6) is 5.75 Å². The van der Waals surface area contributed by atoms with Gasteiger partial charge in [-0.05, 0) is 25.1 Å². The Morgan fingerprint density at radius 3 is 2.81 bits per heavy atom. The standard InChI is InChI=1S/C18H19ClFN5O2/c1-12-13(9-21-24(12)3)10-23(2)18(26)17-6-7-25(22-17)11-27-14-4-5-16(20)15(19)8-14/h4-9H,10-11H2,1-3H3. The summed E-state index contributed by atoms with van der Waals surface area (Å²) in [5.41, 5.74) is 2.29. The van der Waals surface area contributed by atoms with E-state index in [1.807, 2.05) is 14.0 Å². The third-order valence-electron chi connectivity index (χ3n) is 4.21. The summed E-state index contributed by atoms with van der Waals surface area (Å²) in [5, 5.41) is 8.39. The third-order valence-corrected chi connectivity index (χ3v) is 4.50. The van der Waals surface area contributed by atoms with Crippen LogP contribution in [0.3, 0.4) is 0 Å². The van der Waals surface area contributed by atoms with E-state index in [0.717, 1.165) is 11.3 Å². The molecule has 0 aliphatic carbocycles. The van der Waals surface area contributed by atoms with E-state index in [-0.39, 0.29) is 17.7 Å². The summed E-state index contributed by atoms with van der Waals surface area (Å²) >= 11 is 5.72. The first-order valence-corrected chi connectivity index (χ1v) is 8.57. The number of aryl methyl sites for hydroxylation is 1. The number of carbonyl (C=O) groups is 1. The molecule has 0 atom stereocenters. The smallest absolute Gasteiger partial charge is 0.274 e. The van der Waals surface area contributed by atoms with Gasteiger partial charge in [-0.15, -0.1) is 0 Å². The predicted octanol–water partition coefficient (Wildman–Crippen LogP) is 3.03. The molecule has 0 aliphatic heterocycles. The number of carbonyl (C=O) groups excluding carboxylic acids is 1. The summed E-state index contributed by atoms with van der Waals surface area (Å²) in [5.74, 6) is -0.307. The second-order valence-corrected chi connectivity index (χ2v) is 6.54. The molecule has 2 aromatic heterocycles. The first-order chi connectivity index (χ1) is 12.8. The number of rotatable bonds is 6. The van der Waals surface area contributed by atoms with Crippen molar-refractivity contribution in [3.63, 3.8) is 0 Å². The molecule has 3 rings (SSSR count). The van der Waals surface area contributed by atoms with Crippen LogP contribution in [-0.4, -0.2) is 37.4 Å². The molecule has 0 aliphatic rings. The lowest BCUT2D eigenvalue weighted by Gasteiger charge is -2.15. The lowest BCUT2D eigenvalue weighted by molar-refractivity contribution is 0.0777. The highest BCUT2D eigenvalue weighted by Gasteiger charge is 2.17. The van der Waals surface area contributed by atoms with Crippen LogP contribution in [0.15, 0.2) is 36.7 Å². The van der Waals surface area contributed by atoms with Gasteiger partial charge >= 0.3 is 0 Å². The Labute approximate surface area is 160 Å². The Hall–Kier alpha value is -2.87.